The first-order valence-corrected chi connectivity index (χ1v) is 6.82. The Bertz CT molecular complexity index is 362. The Balaban J connectivity index is 1.83. The zero-order valence-corrected chi connectivity index (χ0v) is 11.6. The summed E-state index contributed by atoms with van der Waals surface area (Å²) in [6.45, 7) is 12.1. The molecule has 5 nitrogen and oxygen atoms in total. The van der Waals surface area contributed by atoms with Gasteiger partial charge in [0, 0.05) is 31.7 Å². The standard InChI is InChI=1S/C11H21N5S/c1-11(2,3)16-6-4-15(5-7-16)8-9-13-14-10(12)17-9/h4-8H2,1-3H3,(H2,12,14). The minimum Gasteiger partial charge on any atom is -0.374 e. The van der Waals surface area contributed by atoms with E-state index < -0.39 is 0 Å². The molecule has 0 radical (unpaired) electrons. The molecule has 0 unspecified atom stereocenters. The van der Waals surface area contributed by atoms with Crippen molar-refractivity contribution in [3.8, 4) is 0 Å². The number of rotatable bonds is 2. The highest BCUT2D eigenvalue weighted by atomic mass is 32.1. The Morgan fingerprint density at radius 1 is 1.18 bits per heavy atom. The average Bonchev–Trinajstić information content (AvgIpc) is 2.63. The first kappa shape index (κ1) is 12.7. The lowest BCUT2D eigenvalue weighted by molar-refractivity contribution is 0.0590. The summed E-state index contributed by atoms with van der Waals surface area (Å²) in [5.41, 5.74) is 5.86. The van der Waals surface area contributed by atoms with Crippen molar-refractivity contribution in [2.45, 2.75) is 32.9 Å². The van der Waals surface area contributed by atoms with Crippen molar-refractivity contribution >= 4 is 16.5 Å². The largest absolute Gasteiger partial charge is 0.374 e. The molecular weight excluding hydrogens is 234 g/mol. The molecule has 6 heteroatoms. The molecule has 2 rings (SSSR count). The van der Waals surface area contributed by atoms with E-state index in [1.54, 1.807) is 0 Å². The van der Waals surface area contributed by atoms with Gasteiger partial charge in [0.15, 0.2) is 0 Å². The fourth-order valence-corrected chi connectivity index (χ4v) is 2.75. The molecule has 2 N–H and O–H groups in total. The van der Waals surface area contributed by atoms with Crippen molar-refractivity contribution in [2.24, 2.45) is 0 Å². The Morgan fingerprint density at radius 3 is 2.29 bits per heavy atom. The summed E-state index contributed by atoms with van der Waals surface area (Å²) < 4.78 is 0. The van der Waals surface area contributed by atoms with Crippen LogP contribution in [-0.2, 0) is 6.54 Å². The van der Waals surface area contributed by atoms with Gasteiger partial charge in [-0.25, -0.2) is 0 Å². The lowest BCUT2D eigenvalue weighted by atomic mass is 10.1. The van der Waals surface area contributed by atoms with Crippen molar-refractivity contribution in [1.29, 1.82) is 0 Å². The molecule has 1 aliphatic heterocycles. The zero-order valence-electron chi connectivity index (χ0n) is 10.8. The fraction of sp³-hybridized carbons (Fsp3) is 0.818. The molecule has 1 saturated heterocycles. The molecule has 1 aromatic heterocycles. The Labute approximate surface area is 107 Å². The maximum atomic E-state index is 5.58. The highest BCUT2D eigenvalue weighted by Gasteiger charge is 2.26. The van der Waals surface area contributed by atoms with Gasteiger partial charge in [-0.15, -0.1) is 10.2 Å². The SMILES string of the molecule is CC(C)(C)N1CCN(Cc2nnc(N)s2)CC1. The third-order valence-corrected chi connectivity index (χ3v) is 3.90. The Hall–Kier alpha value is -0.720. The van der Waals surface area contributed by atoms with Crippen molar-refractivity contribution in [3.63, 3.8) is 0 Å². The van der Waals surface area contributed by atoms with Gasteiger partial charge < -0.3 is 5.73 Å². The van der Waals surface area contributed by atoms with Gasteiger partial charge in [-0.1, -0.05) is 11.3 Å². The summed E-state index contributed by atoms with van der Waals surface area (Å²) in [5, 5.41) is 9.49. The van der Waals surface area contributed by atoms with Gasteiger partial charge in [0.1, 0.15) is 5.01 Å². The second-order valence-corrected chi connectivity index (χ2v) is 6.56. The normalized spacial score (nSPS) is 19.7. The van der Waals surface area contributed by atoms with Gasteiger partial charge in [0.05, 0.1) is 6.54 Å². The Morgan fingerprint density at radius 2 is 1.82 bits per heavy atom. The van der Waals surface area contributed by atoms with Crippen molar-refractivity contribution in [3.05, 3.63) is 5.01 Å². The first-order chi connectivity index (χ1) is 7.95. The minimum atomic E-state index is 0.277. The summed E-state index contributed by atoms with van der Waals surface area (Å²) in [5.74, 6) is 0. The van der Waals surface area contributed by atoms with E-state index in [1.807, 2.05) is 0 Å². The quantitative estimate of drug-likeness (QED) is 0.855. The number of nitrogens with zero attached hydrogens (tertiary/aromatic N) is 4. The zero-order chi connectivity index (χ0) is 12.5. The minimum absolute atomic E-state index is 0.277. The molecule has 0 aromatic carbocycles. The van der Waals surface area contributed by atoms with Crippen molar-refractivity contribution < 1.29 is 0 Å². The molecule has 1 aliphatic rings. The van der Waals surface area contributed by atoms with Crippen molar-refractivity contribution in [2.75, 3.05) is 31.9 Å². The van der Waals surface area contributed by atoms with Crippen LogP contribution >= 0.6 is 11.3 Å². The van der Waals surface area contributed by atoms with Crippen LogP contribution in [-0.4, -0.2) is 51.7 Å². The molecule has 96 valence electrons. The first-order valence-electron chi connectivity index (χ1n) is 6.00. The maximum absolute atomic E-state index is 5.58. The number of hydrogen-bond acceptors (Lipinski definition) is 6. The number of nitrogens with two attached hydrogens (primary N) is 1. The molecule has 1 fully saturated rings. The highest BCUT2D eigenvalue weighted by molar-refractivity contribution is 7.15. The third-order valence-electron chi connectivity index (χ3n) is 3.16. The van der Waals surface area contributed by atoms with E-state index in [9.17, 15) is 0 Å². The maximum Gasteiger partial charge on any atom is 0.203 e. The van der Waals surface area contributed by atoms with E-state index in [2.05, 4.69) is 40.8 Å². The van der Waals surface area contributed by atoms with E-state index in [0.717, 1.165) is 37.7 Å². The van der Waals surface area contributed by atoms with Gasteiger partial charge in [0.2, 0.25) is 5.13 Å². The predicted molar refractivity (Wildman–Crippen MR) is 70.9 cm³/mol. The fourth-order valence-electron chi connectivity index (χ4n) is 2.10. The van der Waals surface area contributed by atoms with Crippen LogP contribution in [0.1, 0.15) is 25.8 Å². The highest BCUT2D eigenvalue weighted by Crippen LogP contribution is 2.18. The van der Waals surface area contributed by atoms with Crippen LogP contribution in [0, 0.1) is 0 Å². The molecule has 0 atom stereocenters. The smallest absolute Gasteiger partial charge is 0.203 e. The van der Waals surface area contributed by atoms with Crippen LogP contribution in [0.15, 0.2) is 0 Å². The van der Waals surface area contributed by atoms with E-state index in [1.165, 1.54) is 11.3 Å². The number of hydrogen-bond donors (Lipinski definition) is 1. The summed E-state index contributed by atoms with van der Waals surface area (Å²) in [6, 6.07) is 0. The molecule has 2 heterocycles. The second kappa shape index (κ2) is 4.88. The van der Waals surface area contributed by atoms with Crippen LogP contribution in [0.3, 0.4) is 0 Å². The summed E-state index contributed by atoms with van der Waals surface area (Å²) >= 11 is 1.49. The molecule has 0 saturated carbocycles. The predicted octanol–water partition coefficient (Wildman–Crippen LogP) is 1.04. The number of piperazine rings is 1. The summed E-state index contributed by atoms with van der Waals surface area (Å²) in [6.07, 6.45) is 0. The van der Waals surface area contributed by atoms with E-state index >= 15 is 0 Å². The lowest BCUT2D eigenvalue weighted by Crippen LogP contribution is -2.53. The van der Waals surface area contributed by atoms with Crippen LogP contribution in [0.5, 0.6) is 0 Å². The van der Waals surface area contributed by atoms with Crippen LogP contribution in [0.2, 0.25) is 0 Å². The van der Waals surface area contributed by atoms with Gasteiger partial charge in [0.25, 0.3) is 0 Å². The topological polar surface area (TPSA) is 58.3 Å². The summed E-state index contributed by atoms with van der Waals surface area (Å²) in [7, 11) is 0. The molecule has 17 heavy (non-hydrogen) atoms. The lowest BCUT2D eigenvalue weighted by Gasteiger charge is -2.42. The van der Waals surface area contributed by atoms with Gasteiger partial charge in [-0.05, 0) is 20.8 Å². The van der Waals surface area contributed by atoms with Crippen LogP contribution < -0.4 is 5.73 Å². The molecule has 0 bridgehead atoms. The number of nitrogen functional groups attached to an aromatic ring is 1. The summed E-state index contributed by atoms with van der Waals surface area (Å²) in [4.78, 5) is 4.94. The third kappa shape index (κ3) is 3.37. The number of anilines is 1. The molecule has 0 aliphatic carbocycles. The van der Waals surface area contributed by atoms with Crippen LogP contribution in [0.25, 0.3) is 0 Å². The van der Waals surface area contributed by atoms with Gasteiger partial charge in [-0.2, -0.15) is 0 Å². The molecule has 0 spiro atoms. The number of aromatic nitrogens is 2. The van der Waals surface area contributed by atoms with Gasteiger partial charge >= 0.3 is 0 Å². The monoisotopic (exact) mass is 255 g/mol. The van der Waals surface area contributed by atoms with E-state index in [0.29, 0.717) is 5.13 Å². The second-order valence-electron chi connectivity index (χ2n) is 5.47. The Kier molecular flexibility index (Phi) is 3.65. The van der Waals surface area contributed by atoms with E-state index in [-0.39, 0.29) is 5.54 Å². The van der Waals surface area contributed by atoms with E-state index in [4.69, 9.17) is 5.73 Å². The molecule has 0 amide bonds. The molecular formula is C11H21N5S. The van der Waals surface area contributed by atoms with Crippen LogP contribution in [0.4, 0.5) is 5.13 Å². The van der Waals surface area contributed by atoms with Crippen molar-refractivity contribution in [1.82, 2.24) is 20.0 Å². The molecule has 1 aromatic rings. The average molecular weight is 255 g/mol. The van der Waals surface area contributed by atoms with Gasteiger partial charge in [-0.3, -0.25) is 9.80 Å².